The van der Waals surface area contributed by atoms with Gasteiger partial charge in [0.05, 0.1) is 13.2 Å². The van der Waals surface area contributed by atoms with Crippen molar-refractivity contribution in [2.75, 3.05) is 19.8 Å². The SMILES string of the molecule is C[C@H](N)c1ccccc1OCCCOCC(F)(F)F. The van der Waals surface area contributed by atoms with Gasteiger partial charge in [-0.3, -0.25) is 0 Å². The normalized spacial score (nSPS) is 13.3. The second-order valence-electron chi connectivity index (χ2n) is 4.20. The van der Waals surface area contributed by atoms with Crippen molar-refractivity contribution in [3.8, 4) is 5.75 Å². The van der Waals surface area contributed by atoms with Crippen molar-refractivity contribution in [2.45, 2.75) is 25.6 Å². The van der Waals surface area contributed by atoms with Gasteiger partial charge < -0.3 is 15.2 Å². The largest absolute Gasteiger partial charge is 0.493 e. The lowest BCUT2D eigenvalue weighted by molar-refractivity contribution is -0.174. The number of benzene rings is 1. The smallest absolute Gasteiger partial charge is 0.411 e. The predicted molar refractivity (Wildman–Crippen MR) is 66.0 cm³/mol. The summed E-state index contributed by atoms with van der Waals surface area (Å²) in [5.41, 5.74) is 6.66. The second kappa shape index (κ2) is 7.35. The van der Waals surface area contributed by atoms with Crippen LogP contribution in [0.15, 0.2) is 24.3 Å². The van der Waals surface area contributed by atoms with E-state index in [2.05, 4.69) is 4.74 Å². The molecule has 1 aromatic rings. The van der Waals surface area contributed by atoms with E-state index in [0.717, 1.165) is 5.56 Å². The standard InChI is InChI=1S/C13H18F3NO2/c1-10(17)11-5-2-3-6-12(11)19-8-4-7-18-9-13(14,15)16/h2-3,5-6,10H,4,7-9,17H2,1H3/t10-/m0/s1. The molecule has 2 N–H and O–H groups in total. The molecule has 0 aliphatic heterocycles. The van der Waals surface area contributed by atoms with Crippen molar-refractivity contribution in [2.24, 2.45) is 5.73 Å². The van der Waals surface area contributed by atoms with Crippen LogP contribution in [0, 0.1) is 0 Å². The van der Waals surface area contributed by atoms with Crippen LogP contribution in [-0.2, 0) is 4.74 Å². The van der Waals surface area contributed by atoms with Crippen molar-refractivity contribution < 1.29 is 22.6 Å². The Morgan fingerprint density at radius 3 is 2.53 bits per heavy atom. The average molecular weight is 277 g/mol. The van der Waals surface area contributed by atoms with E-state index in [1.807, 2.05) is 25.1 Å². The lowest BCUT2D eigenvalue weighted by Crippen LogP contribution is -2.18. The molecule has 0 saturated heterocycles. The molecule has 0 heterocycles. The van der Waals surface area contributed by atoms with E-state index >= 15 is 0 Å². The Labute approximate surface area is 110 Å². The van der Waals surface area contributed by atoms with Crippen LogP contribution in [-0.4, -0.2) is 26.0 Å². The Balaban J connectivity index is 2.26. The van der Waals surface area contributed by atoms with Gasteiger partial charge in [0.1, 0.15) is 12.4 Å². The first kappa shape index (κ1) is 15.8. The third-order valence-electron chi connectivity index (χ3n) is 2.37. The molecule has 19 heavy (non-hydrogen) atoms. The van der Waals surface area contributed by atoms with Gasteiger partial charge in [0.15, 0.2) is 0 Å². The number of hydrogen-bond donors (Lipinski definition) is 1. The first-order chi connectivity index (χ1) is 8.90. The molecule has 0 bridgehead atoms. The molecule has 0 amide bonds. The van der Waals surface area contributed by atoms with Gasteiger partial charge in [0.2, 0.25) is 0 Å². The highest BCUT2D eigenvalue weighted by atomic mass is 19.4. The molecule has 0 fully saturated rings. The van der Waals surface area contributed by atoms with Gasteiger partial charge in [-0.1, -0.05) is 18.2 Å². The zero-order chi connectivity index (χ0) is 14.3. The Kier molecular flexibility index (Phi) is 6.11. The van der Waals surface area contributed by atoms with Gasteiger partial charge in [-0.05, 0) is 13.0 Å². The van der Waals surface area contributed by atoms with Crippen LogP contribution >= 0.6 is 0 Å². The summed E-state index contributed by atoms with van der Waals surface area (Å²) in [6.45, 7) is 0.930. The summed E-state index contributed by atoms with van der Waals surface area (Å²) in [7, 11) is 0. The fourth-order valence-corrected chi connectivity index (χ4v) is 1.52. The minimum atomic E-state index is -4.28. The molecule has 1 rings (SSSR count). The van der Waals surface area contributed by atoms with E-state index in [9.17, 15) is 13.2 Å². The fraction of sp³-hybridized carbons (Fsp3) is 0.538. The highest BCUT2D eigenvalue weighted by Crippen LogP contribution is 2.23. The average Bonchev–Trinajstić information content (AvgIpc) is 2.32. The number of halogens is 3. The molecule has 108 valence electrons. The lowest BCUT2D eigenvalue weighted by Gasteiger charge is -2.14. The van der Waals surface area contributed by atoms with Gasteiger partial charge in [-0.15, -0.1) is 0 Å². The fourth-order valence-electron chi connectivity index (χ4n) is 1.52. The molecule has 0 radical (unpaired) electrons. The first-order valence-corrected chi connectivity index (χ1v) is 6.02. The van der Waals surface area contributed by atoms with E-state index in [1.54, 1.807) is 6.07 Å². The van der Waals surface area contributed by atoms with Crippen LogP contribution in [0.3, 0.4) is 0 Å². The zero-order valence-corrected chi connectivity index (χ0v) is 10.7. The van der Waals surface area contributed by atoms with Crippen LogP contribution in [0.1, 0.15) is 24.9 Å². The minimum absolute atomic E-state index is 0.0137. The van der Waals surface area contributed by atoms with E-state index < -0.39 is 12.8 Å². The van der Waals surface area contributed by atoms with Gasteiger partial charge in [-0.2, -0.15) is 13.2 Å². The molecule has 0 unspecified atom stereocenters. The van der Waals surface area contributed by atoms with Crippen molar-refractivity contribution in [3.05, 3.63) is 29.8 Å². The number of hydrogen-bond acceptors (Lipinski definition) is 3. The minimum Gasteiger partial charge on any atom is -0.493 e. The highest BCUT2D eigenvalue weighted by molar-refractivity contribution is 5.35. The topological polar surface area (TPSA) is 44.5 Å². The van der Waals surface area contributed by atoms with Gasteiger partial charge >= 0.3 is 6.18 Å². The summed E-state index contributed by atoms with van der Waals surface area (Å²) in [6.07, 6.45) is -3.88. The molecule has 0 aromatic heterocycles. The Morgan fingerprint density at radius 2 is 1.89 bits per heavy atom. The molecule has 3 nitrogen and oxygen atoms in total. The summed E-state index contributed by atoms with van der Waals surface area (Å²) in [5.74, 6) is 0.660. The van der Waals surface area contributed by atoms with Crippen molar-refractivity contribution >= 4 is 0 Å². The quantitative estimate of drug-likeness (QED) is 0.779. The van der Waals surface area contributed by atoms with Crippen LogP contribution in [0.4, 0.5) is 13.2 Å². The Bertz CT molecular complexity index is 380. The van der Waals surface area contributed by atoms with E-state index in [1.165, 1.54) is 0 Å². The number of rotatable bonds is 7. The number of nitrogens with two attached hydrogens (primary N) is 1. The third-order valence-corrected chi connectivity index (χ3v) is 2.37. The van der Waals surface area contributed by atoms with Crippen LogP contribution in [0.5, 0.6) is 5.75 Å². The van der Waals surface area contributed by atoms with Crippen molar-refractivity contribution in [1.82, 2.24) is 0 Å². The summed E-state index contributed by atoms with van der Waals surface area (Å²) in [5, 5.41) is 0. The summed E-state index contributed by atoms with van der Waals surface area (Å²) < 4.78 is 45.4. The van der Waals surface area contributed by atoms with Crippen molar-refractivity contribution in [3.63, 3.8) is 0 Å². The number of alkyl halides is 3. The molecule has 1 atom stereocenters. The second-order valence-corrected chi connectivity index (χ2v) is 4.20. The molecule has 0 aliphatic rings. The van der Waals surface area contributed by atoms with Crippen molar-refractivity contribution in [1.29, 1.82) is 0 Å². The van der Waals surface area contributed by atoms with E-state index in [0.29, 0.717) is 18.8 Å². The maximum atomic E-state index is 11.8. The van der Waals surface area contributed by atoms with Gasteiger partial charge in [0.25, 0.3) is 0 Å². The maximum absolute atomic E-state index is 11.8. The molecule has 6 heteroatoms. The summed E-state index contributed by atoms with van der Waals surface area (Å²) >= 11 is 0. The molecular formula is C13H18F3NO2. The highest BCUT2D eigenvalue weighted by Gasteiger charge is 2.27. The molecular weight excluding hydrogens is 259 g/mol. The van der Waals surface area contributed by atoms with Gasteiger partial charge in [-0.25, -0.2) is 0 Å². The zero-order valence-electron chi connectivity index (χ0n) is 10.7. The van der Waals surface area contributed by atoms with Crippen LogP contribution in [0.25, 0.3) is 0 Å². The third kappa shape index (κ3) is 6.45. The molecule has 0 aliphatic carbocycles. The first-order valence-electron chi connectivity index (χ1n) is 6.02. The van der Waals surface area contributed by atoms with E-state index in [4.69, 9.17) is 10.5 Å². The Hall–Kier alpha value is -1.27. The van der Waals surface area contributed by atoms with Crippen LogP contribution < -0.4 is 10.5 Å². The van der Waals surface area contributed by atoms with Gasteiger partial charge in [0, 0.05) is 18.0 Å². The summed E-state index contributed by atoms with van der Waals surface area (Å²) in [6, 6.07) is 7.17. The number of ether oxygens (including phenoxy) is 2. The molecule has 0 spiro atoms. The monoisotopic (exact) mass is 277 g/mol. The lowest BCUT2D eigenvalue weighted by atomic mass is 10.1. The number of para-hydroxylation sites is 1. The molecule has 0 saturated carbocycles. The maximum Gasteiger partial charge on any atom is 0.411 e. The van der Waals surface area contributed by atoms with Crippen LogP contribution in [0.2, 0.25) is 0 Å². The Morgan fingerprint density at radius 1 is 1.21 bits per heavy atom. The predicted octanol–water partition coefficient (Wildman–Crippen LogP) is 3.05. The summed E-state index contributed by atoms with van der Waals surface area (Å²) in [4.78, 5) is 0. The molecule has 1 aromatic carbocycles. The van der Waals surface area contributed by atoms with E-state index in [-0.39, 0.29) is 12.6 Å².